The van der Waals surface area contributed by atoms with E-state index < -0.39 is 13.3 Å². The van der Waals surface area contributed by atoms with Crippen LogP contribution in [0.5, 0.6) is 11.5 Å². The third kappa shape index (κ3) is 3.84. The lowest BCUT2D eigenvalue weighted by Crippen LogP contribution is -2.19. The van der Waals surface area contributed by atoms with E-state index in [9.17, 15) is 12.9 Å². The topological polar surface area (TPSA) is 9.23 Å². The van der Waals surface area contributed by atoms with Crippen LogP contribution in [0.2, 0.25) is 0 Å². The Morgan fingerprint density at radius 1 is 0.833 bits per heavy atom. The molecule has 0 N–H and O–H groups in total. The summed E-state index contributed by atoms with van der Waals surface area (Å²) in [5.41, 5.74) is 0.218. The third-order valence-corrected chi connectivity index (χ3v) is 2.34. The van der Waals surface area contributed by atoms with E-state index in [1.54, 1.807) is 36.4 Å². The van der Waals surface area contributed by atoms with Crippen LogP contribution in [0.1, 0.15) is 5.56 Å². The quantitative estimate of drug-likeness (QED) is 0.731. The van der Waals surface area contributed by atoms with Crippen molar-refractivity contribution in [3.63, 3.8) is 0 Å². The number of hydrogen-bond acceptors (Lipinski definition) is 1. The van der Waals surface area contributed by atoms with Gasteiger partial charge in [-0.25, -0.2) is 0 Å². The fourth-order valence-corrected chi connectivity index (χ4v) is 1.63. The van der Waals surface area contributed by atoms with Crippen LogP contribution in [0.4, 0.5) is 12.9 Å². The van der Waals surface area contributed by atoms with Crippen molar-refractivity contribution in [3.05, 3.63) is 60.2 Å². The predicted molar refractivity (Wildman–Crippen MR) is 65.7 cm³/mol. The molecule has 0 heterocycles. The van der Waals surface area contributed by atoms with Crippen LogP contribution >= 0.6 is 0 Å². The van der Waals surface area contributed by atoms with E-state index in [2.05, 4.69) is 0 Å². The zero-order chi connectivity index (χ0) is 13.0. The van der Waals surface area contributed by atoms with Crippen LogP contribution in [0.25, 0.3) is 0 Å². The smallest absolute Gasteiger partial charge is 0.457 e. The number of benzene rings is 2. The fraction of sp³-hybridized carbons (Fsp3) is 0.0769. The molecule has 5 heteroatoms. The Morgan fingerprint density at radius 2 is 1.50 bits per heavy atom. The number of para-hydroxylation sites is 1. The fourth-order valence-electron chi connectivity index (χ4n) is 1.63. The summed E-state index contributed by atoms with van der Waals surface area (Å²) in [5, 5.41) is 0. The van der Waals surface area contributed by atoms with Gasteiger partial charge in [-0.3, -0.25) is 0 Å². The van der Waals surface area contributed by atoms with E-state index in [1.807, 2.05) is 6.07 Å². The summed E-state index contributed by atoms with van der Waals surface area (Å²) in [7, 11) is 0. The summed E-state index contributed by atoms with van der Waals surface area (Å²) in [6.07, 6.45) is -0.883. The van der Waals surface area contributed by atoms with Gasteiger partial charge in [-0.15, -0.1) is 0 Å². The molecule has 0 aliphatic heterocycles. The van der Waals surface area contributed by atoms with Crippen molar-refractivity contribution < 1.29 is 17.7 Å². The zero-order valence-electron chi connectivity index (χ0n) is 9.52. The Bertz CT molecular complexity index is 511. The third-order valence-electron chi connectivity index (χ3n) is 2.34. The van der Waals surface area contributed by atoms with Crippen LogP contribution in [0.3, 0.4) is 0 Å². The first-order chi connectivity index (χ1) is 8.53. The molecule has 0 amide bonds. The van der Waals surface area contributed by atoms with Gasteiger partial charge in [0.2, 0.25) is 0 Å². The summed E-state index contributed by atoms with van der Waals surface area (Å²) in [6.45, 7) is -4.82. The van der Waals surface area contributed by atoms with Crippen molar-refractivity contribution >= 4 is 6.98 Å². The normalized spacial score (nSPS) is 11.3. The van der Waals surface area contributed by atoms with Gasteiger partial charge < -0.3 is 17.7 Å². The highest BCUT2D eigenvalue weighted by atomic mass is 19.4. The molecule has 0 bridgehead atoms. The summed E-state index contributed by atoms with van der Waals surface area (Å²) < 4.78 is 42.4. The van der Waals surface area contributed by atoms with Gasteiger partial charge in [-0.1, -0.05) is 42.2 Å². The van der Waals surface area contributed by atoms with Crippen molar-refractivity contribution in [2.24, 2.45) is 0 Å². The van der Waals surface area contributed by atoms with E-state index in [0.29, 0.717) is 11.5 Å². The Kier molecular flexibility index (Phi) is 3.60. The number of rotatable bonds is 4. The van der Waals surface area contributed by atoms with Crippen LogP contribution < -0.4 is 4.74 Å². The molecule has 1 nitrogen and oxygen atoms in total. The number of hydrogen-bond donors (Lipinski definition) is 0. The highest BCUT2D eigenvalue weighted by Crippen LogP contribution is 2.24. The van der Waals surface area contributed by atoms with Gasteiger partial charge in [-0.05, 0) is 24.3 Å². The standard InChI is InChI=1S/C13H11BF3O/c15-14(16,17)10-11-5-4-8-13(9-11)18-12-6-2-1-3-7-12/h1-9H,10H2/q-1. The second-order valence-corrected chi connectivity index (χ2v) is 3.98. The van der Waals surface area contributed by atoms with E-state index in [0.717, 1.165) is 0 Å². The molecule has 2 aromatic carbocycles. The highest BCUT2D eigenvalue weighted by molar-refractivity contribution is 6.57. The summed E-state index contributed by atoms with van der Waals surface area (Å²) >= 11 is 0. The van der Waals surface area contributed by atoms with Gasteiger partial charge in [-0.2, -0.15) is 0 Å². The van der Waals surface area contributed by atoms with Crippen LogP contribution in [0.15, 0.2) is 54.6 Å². The molecular formula is C13H11BF3O-. The molecule has 0 saturated carbocycles. The van der Waals surface area contributed by atoms with Crippen LogP contribution in [-0.4, -0.2) is 6.98 Å². The van der Waals surface area contributed by atoms with Crippen LogP contribution in [0, 0.1) is 0 Å². The van der Waals surface area contributed by atoms with Crippen molar-refractivity contribution in [2.45, 2.75) is 6.32 Å². The molecule has 0 fully saturated rings. The lowest BCUT2D eigenvalue weighted by Gasteiger charge is -2.14. The SMILES string of the molecule is F[B-](F)(F)Cc1cccc(Oc2ccccc2)c1. The molecule has 0 aliphatic rings. The van der Waals surface area contributed by atoms with E-state index in [4.69, 9.17) is 4.74 Å². The average Bonchev–Trinajstić information content (AvgIpc) is 2.28. The lowest BCUT2D eigenvalue weighted by atomic mass is 9.82. The first-order valence-corrected chi connectivity index (χ1v) is 5.56. The Labute approximate surface area is 103 Å². The maximum atomic E-state index is 12.3. The van der Waals surface area contributed by atoms with Crippen molar-refractivity contribution in [2.75, 3.05) is 0 Å². The lowest BCUT2D eigenvalue weighted by molar-refractivity contribution is 0.466. The second-order valence-electron chi connectivity index (χ2n) is 3.98. The number of ether oxygens (including phenoxy) is 1. The van der Waals surface area contributed by atoms with E-state index in [-0.39, 0.29) is 5.56 Å². The molecule has 0 atom stereocenters. The number of halogens is 3. The van der Waals surface area contributed by atoms with Gasteiger partial charge >= 0.3 is 6.98 Å². The minimum absolute atomic E-state index is 0.218. The molecule has 0 aromatic heterocycles. The van der Waals surface area contributed by atoms with E-state index in [1.165, 1.54) is 12.1 Å². The molecule has 0 unspecified atom stereocenters. The van der Waals surface area contributed by atoms with E-state index >= 15 is 0 Å². The molecule has 2 rings (SSSR count). The summed E-state index contributed by atoms with van der Waals surface area (Å²) in [6, 6.07) is 15.0. The van der Waals surface area contributed by atoms with Crippen molar-refractivity contribution in [1.82, 2.24) is 0 Å². The molecule has 0 spiro atoms. The Balaban J connectivity index is 2.13. The second kappa shape index (κ2) is 5.17. The molecule has 94 valence electrons. The highest BCUT2D eigenvalue weighted by Gasteiger charge is 2.23. The average molecular weight is 251 g/mol. The minimum Gasteiger partial charge on any atom is -0.457 e. The molecule has 0 aliphatic carbocycles. The van der Waals surface area contributed by atoms with Gasteiger partial charge in [0.15, 0.2) is 0 Å². The van der Waals surface area contributed by atoms with Gasteiger partial charge in [0.05, 0.1) is 0 Å². The summed E-state index contributed by atoms with van der Waals surface area (Å²) in [5.74, 6) is 1.02. The summed E-state index contributed by atoms with van der Waals surface area (Å²) in [4.78, 5) is 0. The molecule has 0 saturated heterocycles. The van der Waals surface area contributed by atoms with Gasteiger partial charge in [0.25, 0.3) is 0 Å². The monoisotopic (exact) mass is 251 g/mol. The van der Waals surface area contributed by atoms with Gasteiger partial charge in [0.1, 0.15) is 11.5 Å². The molecule has 18 heavy (non-hydrogen) atoms. The first kappa shape index (κ1) is 12.5. The van der Waals surface area contributed by atoms with Gasteiger partial charge in [0, 0.05) is 0 Å². The molecular weight excluding hydrogens is 240 g/mol. The maximum Gasteiger partial charge on any atom is 0.482 e. The largest absolute Gasteiger partial charge is 0.482 e. The first-order valence-electron chi connectivity index (χ1n) is 5.56. The van der Waals surface area contributed by atoms with Crippen molar-refractivity contribution in [3.8, 4) is 11.5 Å². The predicted octanol–water partition coefficient (Wildman–Crippen LogP) is 4.41. The maximum absolute atomic E-state index is 12.3. The Hall–Kier alpha value is -1.91. The minimum atomic E-state index is -4.82. The van der Waals surface area contributed by atoms with Crippen LogP contribution in [-0.2, 0) is 6.32 Å². The molecule has 2 aromatic rings. The van der Waals surface area contributed by atoms with Crippen molar-refractivity contribution in [1.29, 1.82) is 0 Å². The molecule has 0 radical (unpaired) electrons. The Morgan fingerprint density at radius 3 is 2.17 bits per heavy atom. The zero-order valence-corrected chi connectivity index (χ0v) is 9.52.